The zero-order valence-corrected chi connectivity index (χ0v) is 23.9. The second kappa shape index (κ2) is 11.6. The molecule has 1 atom stereocenters. The van der Waals surface area contributed by atoms with Gasteiger partial charge in [-0.2, -0.15) is 0 Å². The van der Waals surface area contributed by atoms with Crippen LogP contribution in [0.3, 0.4) is 0 Å². The lowest BCUT2D eigenvalue weighted by Gasteiger charge is -2.22. The van der Waals surface area contributed by atoms with E-state index in [2.05, 4.69) is 50.5 Å². The van der Waals surface area contributed by atoms with E-state index in [4.69, 9.17) is 24.2 Å². The Balaban J connectivity index is 1.56. The summed E-state index contributed by atoms with van der Waals surface area (Å²) in [7, 11) is 0. The molecule has 5 rings (SSSR count). The first kappa shape index (κ1) is 27.5. The van der Waals surface area contributed by atoms with Crippen molar-refractivity contribution in [2.45, 2.75) is 79.4 Å². The number of aromatic nitrogens is 3. The highest BCUT2D eigenvalue weighted by Crippen LogP contribution is 2.38. The second-order valence-electron chi connectivity index (χ2n) is 10.4. The second-order valence-corrected chi connectivity index (χ2v) is 10.4. The molecule has 0 aliphatic carbocycles. The molecular weight excluding hydrogens is 506 g/mol. The third kappa shape index (κ3) is 5.35. The number of fused-ring (bicyclic) bond motifs is 2. The fourth-order valence-corrected chi connectivity index (χ4v) is 5.50. The minimum atomic E-state index is -1.18. The van der Waals surface area contributed by atoms with E-state index in [0.717, 1.165) is 77.0 Å². The maximum atomic E-state index is 12.5. The maximum absolute atomic E-state index is 12.5. The summed E-state index contributed by atoms with van der Waals surface area (Å²) in [4.78, 5) is 22.2. The number of hydrogen-bond acceptors (Lipinski definition) is 6. The van der Waals surface area contributed by atoms with Crippen LogP contribution in [0.15, 0.2) is 36.4 Å². The summed E-state index contributed by atoms with van der Waals surface area (Å²) in [6.45, 7) is 11.2. The fourth-order valence-electron chi connectivity index (χ4n) is 5.50. The third-order valence-corrected chi connectivity index (χ3v) is 7.26. The first-order chi connectivity index (χ1) is 19.3. The zero-order valence-electron chi connectivity index (χ0n) is 23.9. The Hall–Kier alpha value is -4.07. The maximum Gasteiger partial charge on any atom is 0.349 e. The monoisotopic (exact) mass is 543 g/mol. The van der Waals surface area contributed by atoms with Gasteiger partial charge in [0.15, 0.2) is 17.1 Å². The molecule has 1 aliphatic rings. The van der Waals surface area contributed by atoms with Crippen molar-refractivity contribution in [2.24, 2.45) is 0 Å². The van der Waals surface area contributed by atoms with Crippen LogP contribution < -0.4 is 14.2 Å². The van der Waals surface area contributed by atoms with Gasteiger partial charge in [-0.1, -0.05) is 51.8 Å². The minimum absolute atomic E-state index is 0.126. The van der Waals surface area contributed by atoms with Crippen LogP contribution >= 0.6 is 0 Å². The van der Waals surface area contributed by atoms with Gasteiger partial charge in [-0.3, -0.25) is 0 Å². The first-order valence-electron chi connectivity index (χ1n) is 14.1. The van der Waals surface area contributed by atoms with Crippen LogP contribution in [0.4, 0.5) is 0 Å². The number of hydrogen-bond donors (Lipinski definition) is 1. The van der Waals surface area contributed by atoms with Gasteiger partial charge in [0.05, 0.1) is 6.54 Å². The van der Waals surface area contributed by atoms with Gasteiger partial charge in [0, 0.05) is 17.7 Å². The summed E-state index contributed by atoms with van der Waals surface area (Å²) in [5.74, 6) is 1.74. The molecule has 1 unspecified atom stereocenters. The van der Waals surface area contributed by atoms with Crippen molar-refractivity contribution < 1.29 is 24.1 Å². The lowest BCUT2D eigenvalue weighted by Crippen LogP contribution is -2.20. The molecule has 0 bridgehead atoms. The van der Waals surface area contributed by atoms with Gasteiger partial charge in [0.1, 0.15) is 17.1 Å². The fraction of sp³-hybridized carbons (Fsp3) is 0.406. The van der Waals surface area contributed by atoms with Crippen LogP contribution in [-0.4, -0.2) is 32.4 Å². The number of benzene rings is 2. The molecule has 210 valence electrons. The lowest BCUT2D eigenvalue weighted by molar-refractivity contribution is -0.145. The first-order valence-corrected chi connectivity index (χ1v) is 14.1. The predicted octanol–water partition coefficient (Wildman–Crippen LogP) is 6.50. The molecule has 1 N–H and O–H groups in total. The van der Waals surface area contributed by atoms with Crippen molar-refractivity contribution in [1.29, 1.82) is 0 Å². The quantitative estimate of drug-likeness (QED) is 0.231. The van der Waals surface area contributed by atoms with Crippen LogP contribution in [0.25, 0.3) is 11.2 Å². The number of aliphatic carboxylic acids is 1. The van der Waals surface area contributed by atoms with Crippen LogP contribution in [0.2, 0.25) is 0 Å². The normalized spacial score (nSPS) is 13.1. The highest BCUT2D eigenvalue weighted by molar-refractivity contribution is 5.76. The van der Waals surface area contributed by atoms with E-state index in [9.17, 15) is 9.90 Å². The molecule has 0 amide bonds. The number of imidazole rings is 1. The number of carboxylic acid groups (broad SMARTS) is 1. The number of aryl methyl sites for hydroxylation is 5. The summed E-state index contributed by atoms with van der Waals surface area (Å²) < 4.78 is 19.5. The molecular formula is C32H37N3O5. The van der Waals surface area contributed by atoms with Gasteiger partial charge in [-0.05, 0) is 67.1 Å². The largest absolute Gasteiger partial charge is 0.478 e. The number of pyridine rings is 1. The van der Waals surface area contributed by atoms with E-state index in [1.165, 1.54) is 0 Å². The summed E-state index contributed by atoms with van der Waals surface area (Å²) in [6, 6.07) is 11.5. The molecule has 0 saturated heterocycles. The van der Waals surface area contributed by atoms with Crippen molar-refractivity contribution in [3.63, 3.8) is 0 Å². The van der Waals surface area contributed by atoms with Gasteiger partial charge >= 0.3 is 5.97 Å². The summed E-state index contributed by atoms with van der Waals surface area (Å²) in [6.07, 6.45) is 2.98. The van der Waals surface area contributed by atoms with Crippen molar-refractivity contribution >= 4 is 17.1 Å². The molecule has 1 aliphatic heterocycles. The summed E-state index contributed by atoms with van der Waals surface area (Å²) in [5, 5.41) is 10.2. The SMILES string of the molecule is CCCc1cc(Cn2c(CC)nc3c(C)cc(C)nc32)cc(CCC)c1OC(C(=O)O)c1ccc2c(c1)OCO2. The number of carboxylic acids is 1. The minimum Gasteiger partial charge on any atom is -0.478 e. The third-order valence-electron chi connectivity index (χ3n) is 7.26. The van der Waals surface area contributed by atoms with Gasteiger partial charge in [-0.15, -0.1) is 0 Å². The van der Waals surface area contributed by atoms with E-state index in [1.54, 1.807) is 18.2 Å². The number of carbonyl (C=O) groups is 1. The topological polar surface area (TPSA) is 95.7 Å². The average molecular weight is 544 g/mol. The summed E-state index contributed by atoms with van der Waals surface area (Å²) >= 11 is 0. The van der Waals surface area contributed by atoms with Crippen molar-refractivity contribution in [1.82, 2.24) is 14.5 Å². The molecule has 8 heteroatoms. The highest BCUT2D eigenvalue weighted by atomic mass is 16.7. The standard InChI is InChI=1S/C32H37N3O5/c1-6-9-22-14-21(17-35-27(8-3)34-28-19(4)13-20(5)33-31(28)35)15-23(10-7-2)29(22)40-30(32(36)37)24-11-12-25-26(16-24)39-18-38-25/h11-16,30H,6-10,17-18H2,1-5H3,(H,36,37). The Morgan fingerprint density at radius 3 is 2.35 bits per heavy atom. The van der Waals surface area contributed by atoms with E-state index in [-0.39, 0.29) is 6.79 Å². The Morgan fingerprint density at radius 2 is 1.70 bits per heavy atom. The van der Waals surface area contributed by atoms with Crippen LogP contribution in [0.5, 0.6) is 17.2 Å². The molecule has 0 spiro atoms. The average Bonchev–Trinajstić information content (AvgIpc) is 3.53. The van der Waals surface area contributed by atoms with Crippen molar-refractivity contribution in [3.8, 4) is 17.2 Å². The molecule has 40 heavy (non-hydrogen) atoms. The van der Waals surface area contributed by atoms with Gasteiger partial charge in [0.2, 0.25) is 12.9 Å². The Bertz CT molecular complexity index is 1530. The van der Waals surface area contributed by atoms with Crippen LogP contribution in [-0.2, 0) is 30.6 Å². The Labute approximate surface area is 234 Å². The number of rotatable bonds is 11. The van der Waals surface area contributed by atoms with Crippen molar-refractivity contribution in [2.75, 3.05) is 6.79 Å². The van der Waals surface area contributed by atoms with Crippen molar-refractivity contribution in [3.05, 3.63) is 75.7 Å². The molecule has 2 aromatic carbocycles. The molecule has 2 aromatic heterocycles. The number of nitrogens with zero attached hydrogens (tertiary/aromatic N) is 3. The van der Waals surface area contributed by atoms with Gasteiger partial charge in [-0.25, -0.2) is 14.8 Å². The molecule has 4 aromatic rings. The summed E-state index contributed by atoms with van der Waals surface area (Å²) in [5.41, 5.74) is 7.61. The number of ether oxygens (including phenoxy) is 3. The van der Waals surface area contributed by atoms with E-state index in [0.29, 0.717) is 29.4 Å². The highest BCUT2D eigenvalue weighted by Gasteiger charge is 2.27. The van der Waals surface area contributed by atoms with E-state index in [1.807, 2.05) is 6.92 Å². The van der Waals surface area contributed by atoms with Crippen LogP contribution in [0, 0.1) is 13.8 Å². The van der Waals surface area contributed by atoms with Gasteiger partial charge < -0.3 is 23.9 Å². The smallest absolute Gasteiger partial charge is 0.349 e. The predicted molar refractivity (Wildman–Crippen MR) is 153 cm³/mol. The van der Waals surface area contributed by atoms with E-state index >= 15 is 0 Å². The zero-order chi connectivity index (χ0) is 28.4. The Morgan fingerprint density at radius 1 is 1.00 bits per heavy atom. The molecule has 0 fully saturated rings. The molecule has 8 nitrogen and oxygen atoms in total. The van der Waals surface area contributed by atoms with Gasteiger partial charge in [0.25, 0.3) is 0 Å². The van der Waals surface area contributed by atoms with E-state index < -0.39 is 12.1 Å². The lowest BCUT2D eigenvalue weighted by atomic mass is 9.97. The van der Waals surface area contributed by atoms with Crippen LogP contribution in [0.1, 0.15) is 79.1 Å². The Kier molecular flexibility index (Phi) is 7.96. The molecule has 3 heterocycles. The molecule has 0 radical (unpaired) electrons. The molecule has 0 saturated carbocycles.